The van der Waals surface area contributed by atoms with E-state index in [9.17, 15) is 4.79 Å². The van der Waals surface area contributed by atoms with Crippen molar-refractivity contribution in [1.29, 1.82) is 5.41 Å². The summed E-state index contributed by atoms with van der Waals surface area (Å²) in [6, 6.07) is 7.50. The number of likely N-dealkylation sites (tertiary alicyclic amines) is 1. The second kappa shape index (κ2) is 7.32. The van der Waals surface area contributed by atoms with Gasteiger partial charge in [-0.3, -0.25) is 14.4 Å². The summed E-state index contributed by atoms with van der Waals surface area (Å²) in [5.41, 5.74) is 7.29. The molecule has 0 spiro atoms. The van der Waals surface area contributed by atoms with Gasteiger partial charge in [0.15, 0.2) is 5.82 Å². The van der Waals surface area contributed by atoms with Gasteiger partial charge in [0.1, 0.15) is 5.56 Å². The predicted molar refractivity (Wildman–Crippen MR) is 106 cm³/mol. The smallest absolute Gasteiger partial charge is 0.254 e. The molecule has 8 heteroatoms. The third-order valence-electron chi connectivity index (χ3n) is 5.46. The Labute approximate surface area is 163 Å². The molecular formula is C19H23ClN6O. The number of nitrogens with two attached hydrogens (primary N) is 1. The number of aromatic nitrogens is 2. The Kier molecular flexibility index (Phi) is 4.88. The maximum absolute atomic E-state index is 11.9. The summed E-state index contributed by atoms with van der Waals surface area (Å²) in [5, 5.41) is 16.8. The Morgan fingerprint density at radius 1 is 1.26 bits per heavy atom. The van der Waals surface area contributed by atoms with Gasteiger partial charge in [0.2, 0.25) is 0 Å². The van der Waals surface area contributed by atoms with Gasteiger partial charge in [0.25, 0.3) is 5.91 Å². The number of nitrogens with one attached hydrogen (secondary N) is 2. The van der Waals surface area contributed by atoms with Crippen LogP contribution in [0.25, 0.3) is 0 Å². The summed E-state index contributed by atoms with van der Waals surface area (Å²) in [7, 11) is 0. The van der Waals surface area contributed by atoms with Gasteiger partial charge >= 0.3 is 0 Å². The SMILES string of the molecule is N=C1C[C@H](N2CCC2)CC[C@@H]1n1cc(C(N)=O)c(Nc2ccc(Cl)cc2)n1. The molecule has 4 N–H and O–H groups in total. The minimum atomic E-state index is -0.543. The number of anilines is 2. The number of rotatable bonds is 5. The van der Waals surface area contributed by atoms with Crippen LogP contribution in [0.1, 0.15) is 42.1 Å². The average molecular weight is 387 g/mol. The lowest BCUT2D eigenvalue weighted by Gasteiger charge is -2.42. The van der Waals surface area contributed by atoms with E-state index in [-0.39, 0.29) is 6.04 Å². The predicted octanol–water partition coefficient (Wildman–Crippen LogP) is 3.20. The summed E-state index contributed by atoms with van der Waals surface area (Å²) in [6.45, 7) is 2.29. The van der Waals surface area contributed by atoms with Gasteiger partial charge in [-0.15, -0.1) is 0 Å². The van der Waals surface area contributed by atoms with E-state index in [2.05, 4.69) is 15.3 Å². The first kappa shape index (κ1) is 18.0. The largest absolute Gasteiger partial charge is 0.365 e. The number of amides is 1. The van der Waals surface area contributed by atoms with E-state index in [1.807, 2.05) is 12.1 Å². The molecule has 0 unspecified atom stereocenters. The third kappa shape index (κ3) is 3.70. The summed E-state index contributed by atoms with van der Waals surface area (Å²) in [4.78, 5) is 14.3. The van der Waals surface area contributed by atoms with Crippen LogP contribution in [-0.2, 0) is 0 Å². The fraction of sp³-hybridized carbons (Fsp3) is 0.421. The highest BCUT2D eigenvalue weighted by Gasteiger charge is 2.33. The molecule has 1 amide bonds. The van der Waals surface area contributed by atoms with Crippen molar-refractivity contribution >= 4 is 34.7 Å². The number of nitrogens with zero attached hydrogens (tertiary/aromatic N) is 3. The van der Waals surface area contributed by atoms with E-state index in [1.54, 1.807) is 23.0 Å². The van der Waals surface area contributed by atoms with Crippen molar-refractivity contribution in [3.8, 4) is 0 Å². The number of hydrogen-bond donors (Lipinski definition) is 3. The zero-order chi connectivity index (χ0) is 19.0. The zero-order valence-electron chi connectivity index (χ0n) is 15.0. The molecule has 0 bridgehead atoms. The van der Waals surface area contributed by atoms with Gasteiger partial charge in [-0.1, -0.05) is 11.6 Å². The van der Waals surface area contributed by atoms with E-state index in [1.165, 1.54) is 6.42 Å². The second-order valence-electron chi connectivity index (χ2n) is 7.23. The lowest BCUT2D eigenvalue weighted by molar-refractivity contribution is 0.1000. The molecule has 2 aliphatic rings. The van der Waals surface area contributed by atoms with Crippen LogP contribution in [0.3, 0.4) is 0 Å². The molecule has 1 saturated carbocycles. The third-order valence-corrected chi connectivity index (χ3v) is 5.71. The maximum Gasteiger partial charge on any atom is 0.254 e. The average Bonchev–Trinajstić information content (AvgIpc) is 2.99. The Balaban J connectivity index is 1.53. The monoisotopic (exact) mass is 386 g/mol. The molecule has 2 fully saturated rings. The van der Waals surface area contributed by atoms with Crippen LogP contribution in [0.2, 0.25) is 5.02 Å². The van der Waals surface area contributed by atoms with Gasteiger partial charge in [0, 0.05) is 35.1 Å². The topological polar surface area (TPSA) is 100 Å². The van der Waals surface area contributed by atoms with Crippen molar-refractivity contribution in [1.82, 2.24) is 14.7 Å². The molecule has 0 radical (unpaired) electrons. The molecular weight excluding hydrogens is 364 g/mol. The zero-order valence-corrected chi connectivity index (χ0v) is 15.7. The molecule has 142 valence electrons. The molecule has 2 heterocycles. The van der Waals surface area contributed by atoms with Crippen LogP contribution in [0.5, 0.6) is 0 Å². The summed E-state index contributed by atoms with van der Waals surface area (Å²) < 4.78 is 1.72. The van der Waals surface area contributed by atoms with Crippen molar-refractivity contribution in [3.05, 3.63) is 41.0 Å². The first-order valence-corrected chi connectivity index (χ1v) is 9.62. The number of halogens is 1. The molecule has 1 aromatic heterocycles. The Hall–Kier alpha value is -2.38. The lowest BCUT2D eigenvalue weighted by Crippen LogP contribution is -2.48. The molecule has 7 nitrogen and oxygen atoms in total. The molecule has 4 rings (SSSR count). The fourth-order valence-corrected chi connectivity index (χ4v) is 3.95. The van der Waals surface area contributed by atoms with Crippen LogP contribution in [0.15, 0.2) is 30.5 Å². The van der Waals surface area contributed by atoms with Crippen LogP contribution < -0.4 is 11.1 Å². The van der Waals surface area contributed by atoms with Gasteiger partial charge in [0.05, 0.1) is 6.04 Å². The highest BCUT2D eigenvalue weighted by atomic mass is 35.5. The van der Waals surface area contributed by atoms with E-state index in [0.29, 0.717) is 28.2 Å². The maximum atomic E-state index is 11.9. The summed E-state index contributed by atoms with van der Waals surface area (Å²) in [6.07, 6.45) is 5.56. The number of carbonyl (C=O) groups excluding carboxylic acids is 1. The van der Waals surface area contributed by atoms with Crippen molar-refractivity contribution in [3.63, 3.8) is 0 Å². The Morgan fingerprint density at radius 2 is 2.00 bits per heavy atom. The highest BCUT2D eigenvalue weighted by Crippen LogP contribution is 2.32. The van der Waals surface area contributed by atoms with Crippen molar-refractivity contribution in [2.45, 2.75) is 37.8 Å². The van der Waals surface area contributed by atoms with Crippen LogP contribution in [0.4, 0.5) is 11.5 Å². The first-order valence-electron chi connectivity index (χ1n) is 9.24. The minimum Gasteiger partial charge on any atom is -0.365 e. The summed E-state index contributed by atoms with van der Waals surface area (Å²) in [5.74, 6) is -0.138. The second-order valence-corrected chi connectivity index (χ2v) is 7.67. The van der Waals surface area contributed by atoms with Crippen LogP contribution >= 0.6 is 11.6 Å². The van der Waals surface area contributed by atoms with Crippen LogP contribution in [-0.4, -0.2) is 45.4 Å². The molecule has 2 atom stereocenters. The van der Waals surface area contributed by atoms with Gasteiger partial charge < -0.3 is 16.5 Å². The molecule has 27 heavy (non-hydrogen) atoms. The van der Waals surface area contributed by atoms with Crippen LogP contribution in [0, 0.1) is 5.41 Å². The number of primary amides is 1. The molecule has 1 aromatic carbocycles. The number of benzene rings is 1. The summed E-state index contributed by atoms with van der Waals surface area (Å²) >= 11 is 5.92. The first-order chi connectivity index (χ1) is 13.0. The van der Waals surface area contributed by atoms with Crippen molar-refractivity contribution in [2.75, 3.05) is 18.4 Å². The van der Waals surface area contributed by atoms with Gasteiger partial charge in [-0.05, 0) is 56.6 Å². The molecule has 2 aromatic rings. The van der Waals surface area contributed by atoms with Gasteiger partial charge in [-0.25, -0.2) is 0 Å². The molecule has 1 aliphatic heterocycles. The van der Waals surface area contributed by atoms with E-state index in [4.69, 9.17) is 22.7 Å². The Bertz CT molecular complexity index is 858. The molecule has 1 saturated heterocycles. The Morgan fingerprint density at radius 3 is 2.59 bits per heavy atom. The minimum absolute atomic E-state index is 0.124. The number of carbonyl (C=O) groups is 1. The van der Waals surface area contributed by atoms with E-state index in [0.717, 1.165) is 38.0 Å². The van der Waals surface area contributed by atoms with E-state index >= 15 is 0 Å². The normalized spacial score (nSPS) is 23.1. The van der Waals surface area contributed by atoms with Crippen molar-refractivity contribution < 1.29 is 4.79 Å². The van der Waals surface area contributed by atoms with Crippen molar-refractivity contribution in [2.24, 2.45) is 5.73 Å². The van der Waals surface area contributed by atoms with E-state index < -0.39 is 5.91 Å². The fourth-order valence-electron chi connectivity index (χ4n) is 3.82. The molecule has 1 aliphatic carbocycles. The van der Waals surface area contributed by atoms with Gasteiger partial charge in [-0.2, -0.15) is 5.10 Å². The highest BCUT2D eigenvalue weighted by molar-refractivity contribution is 6.30. The number of hydrogen-bond acceptors (Lipinski definition) is 5. The lowest BCUT2D eigenvalue weighted by atomic mass is 9.87. The quantitative estimate of drug-likeness (QED) is 0.734. The standard InChI is InChI=1S/C19H23ClN6O/c20-12-2-4-13(5-3-12)23-19-15(18(22)27)11-26(24-19)17-7-6-14(10-16(17)21)25-8-1-9-25/h2-5,11,14,17,21H,1,6-10H2,(H2,22,27)(H,23,24)/t14-,17+/m1/s1.